The summed E-state index contributed by atoms with van der Waals surface area (Å²) >= 11 is 0. The Bertz CT molecular complexity index is 858. The van der Waals surface area contributed by atoms with Crippen molar-refractivity contribution in [2.24, 2.45) is 11.7 Å². The van der Waals surface area contributed by atoms with Gasteiger partial charge in [-0.1, -0.05) is 38.5 Å². The van der Waals surface area contributed by atoms with Crippen LogP contribution in [-0.2, 0) is 24.4 Å². The van der Waals surface area contributed by atoms with Gasteiger partial charge in [0.2, 0.25) is 15.9 Å². The van der Waals surface area contributed by atoms with Gasteiger partial charge in [0.05, 0.1) is 22.8 Å². The molecule has 1 aromatic rings. The Morgan fingerprint density at radius 2 is 1.84 bits per heavy atom. The highest BCUT2D eigenvalue weighted by molar-refractivity contribution is 7.89. The predicted octanol–water partition coefficient (Wildman–Crippen LogP) is 1.52. The molecule has 0 spiro atoms. The third-order valence-corrected chi connectivity index (χ3v) is 6.29. The molecule has 0 bridgehead atoms. The van der Waals surface area contributed by atoms with E-state index in [2.05, 4.69) is 10.0 Å². The molecule has 10 heteroatoms. The van der Waals surface area contributed by atoms with Crippen LogP contribution in [0, 0.1) is 11.3 Å². The minimum Gasteiger partial charge on any atom is -0.388 e. The number of ketones is 1. The van der Waals surface area contributed by atoms with Gasteiger partial charge in [-0.3, -0.25) is 15.0 Å². The number of hydrogen-bond acceptors (Lipinski definition) is 6. The van der Waals surface area contributed by atoms with E-state index in [4.69, 9.17) is 11.1 Å². The number of hydrogen-bond donors (Lipinski definition) is 4. The molecular weight excluding hydrogens is 420 g/mol. The van der Waals surface area contributed by atoms with Crippen molar-refractivity contribution in [1.82, 2.24) is 10.0 Å². The summed E-state index contributed by atoms with van der Waals surface area (Å²) in [5.74, 6) is -1.49. The molecular formula is C21H32N4O5S. The Morgan fingerprint density at radius 3 is 2.39 bits per heavy atom. The van der Waals surface area contributed by atoms with Crippen molar-refractivity contribution in [2.75, 3.05) is 0 Å². The van der Waals surface area contributed by atoms with Gasteiger partial charge in [-0.25, -0.2) is 13.1 Å². The highest BCUT2D eigenvalue weighted by Gasteiger charge is 2.27. The van der Waals surface area contributed by atoms with E-state index in [0.29, 0.717) is 32.0 Å². The number of nitrogens with one attached hydrogen (secondary N) is 3. The molecule has 1 amide bonds. The predicted molar refractivity (Wildman–Crippen MR) is 118 cm³/mol. The van der Waals surface area contributed by atoms with Crippen LogP contribution in [0.25, 0.3) is 0 Å². The maximum Gasteiger partial charge on any atom is 0.241 e. The lowest BCUT2D eigenvalue weighted by atomic mass is 9.98. The zero-order valence-electron chi connectivity index (χ0n) is 18.0. The van der Waals surface area contributed by atoms with Crippen LogP contribution in [0.3, 0.4) is 0 Å². The van der Waals surface area contributed by atoms with Crippen molar-refractivity contribution in [2.45, 2.75) is 69.4 Å². The number of aldehydes is 1. The number of unbranched alkanes of at least 4 members (excludes halogenated alkanes) is 1. The van der Waals surface area contributed by atoms with E-state index in [9.17, 15) is 22.8 Å². The highest BCUT2D eigenvalue weighted by Crippen LogP contribution is 2.13. The van der Waals surface area contributed by atoms with E-state index in [1.807, 2.05) is 0 Å². The topological polar surface area (TPSA) is 159 Å². The van der Waals surface area contributed by atoms with Crippen LogP contribution in [0.4, 0.5) is 0 Å². The normalized spacial score (nSPS) is 14.3. The number of amides is 1. The fraction of sp³-hybridized carbons (Fsp3) is 0.524. The molecule has 0 saturated carbocycles. The molecule has 0 unspecified atom stereocenters. The Balaban J connectivity index is 2.62. The van der Waals surface area contributed by atoms with Crippen LogP contribution >= 0.6 is 0 Å². The number of rotatable bonds is 15. The monoisotopic (exact) mass is 452 g/mol. The summed E-state index contributed by atoms with van der Waals surface area (Å²) in [6.07, 6.45) is 2.84. The van der Waals surface area contributed by atoms with Gasteiger partial charge in [-0.15, -0.1) is 0 Å². The van der Waals surface area contributed by atoms with Gasteiger partial charge in [0.15, 0.2) is 5.78 Å². The summed E-state index contributed by atoms with van der Waals surface area (Å²) in [5, 5.41) is 9.79. The van der Waals surface area contributed by atoms with Crippen molar-refractivity contribution in [3.05, 3.63) is 30.3 Å². The summed E-state index contributed by atoms with van der Waals surface area (Å²) in [6.45, 7) is 3.24. The zero-order chi connectivity index (χ0) is 23.4. The maximum atomic E-state index is 12.6. The summed E-state index contributed by atoms with van der Waals surface area (Å²) in [7, 11) is -3.86. The van der Waals surface area contributed by atoms with Crippen LogP contribution in [-0.4, -0.2) is 44.3 Å². The lowest BCUT2D eigenvalue weighted by Crippen LogP contribution is -2.43. The molecule has 3 atom stereocenters. The van der Waals surface area contributed by atoms with Crippen molar-refractivity contribution < 1.29 is 22.8 Å². The van der Waals surface area contributed by atoms with Gasteiger partial charge < -0.3 is 15.8 Å². The van der Waals surface area contributed by atoms with Crippen LogP contribution in [0.15, 0.2) is 35.2 Å². The molecule has 31 heavy (non-hydrogen) atoms. The molecule has 0 fully saturated rings. The number of benzene rings is 1. The van der Waals surface area contributed by atoms with Crippen molar-refractivity contribution >= 4 is 33.8 Å². The number of carbonyl (C=O) groups excluding carboxylic acids is 3. The lowest BCUT2D eigenvalue weighted by Gasteiger charge is -2.20. The first-order valence-corrected chi connectivity index (χ1v) is 11.8. The average Bonchev–Trinajstić information content (AvgIpc) is 2.74. The molecule has 9 nitrogen and oxygen atoms in total. The molecule has 0 heterocycles. The molecule has 0 aliphatic carbocycles. The third-order valence-electron chi connectivity index (χ3n) is 4.81. The van der Waals surface area contributed by atoms with Crippen LogP contribution in [0.1, 0.15) is 52.4 Å². The van der Waals surface area contributed by atoms with Crippen molar-refractivity contribution in [3.8, 4) is 0 Å². The number of Topliss-reactive ketones (excluding diaryl/α,β-unsaturated/α-hetero) is 1. The quantitative estimate of drug-likeness (QED) is 0.137. The Kier molecular flexibility index (Phi) is 11.1. The van der Waals surface area contributed by atoms with E-state index in [1.165, 1.54) is 12.1 Å². The van der Waals surface area contributed by atoms with E-state index in [0.717, 1.165) is 0 Å². The lowest BCUT2D eigenvalue weighted by molar-refractivity contribution is -0.130. The fourth-order valence-corrected chi connectivity index (χ4v) is 4.27. The molecule has 172 valence electrons. The van der Waals surface area contributed by atoms with Crippen molar-refractivity contribution in [3.63, 3.8) is 0 Å². The summed E-state index contributed by atoms with van der Waals surface area (Å²) in [5.41, 5.74) is 5.29. The smallest absolute Gasteiger partial charge is 0.241 e. The van der Waals surface area contributed by atoms with Crippen molar-refractivity contribution in [1.29, 1.82) is 5.41 Å². The van der Waals surface area contributed by atoms with E-state index in [-0.39, 0.29) is 23.6 Å². The van der Waals surface area contributed by atoms with Gasteiger partial charge in [0, 0.05) is 18.8 Å². The van der Waals surface area contributed by atoms with Crippen LogP contribution < -0.4 is 15.8 Å². The number of carbonyl (C=O) groups is 3. The molecule has 0 radical (unpaired) electrons. The van der Waals surface area contributed by atoms with E-state index in [1.54, 1.807) is 32.0 Å². The van der Waals surface area contributed by atoms with Gasteiger partial charge in [0.1, 0.15) is 6.29 Å². The first kappa shape index (κ1) is 26.4. The number of amidine groups is 1. The zero-order valence-corrected chi connectivity index (χ0v) is 18.8. The second kappa shape index (κ2) is 13.0. The first-order valence-electron chi connectivity index (χ1n) is 10.3. The minimum atomic E-state index is -3.86. The molecule has 5 N–H and O–H groups in total. The molecule has 0 aliphatic heterocycles. The minimum absolute atomic E-state index is 0.0608. The average molecular weight is 453 g/mol. The van der Waals surface area contributed by atoms with Gasteiger partial charge in [-0.05, 0) is 31.4 Å². The summed E-state index contributed by atoms with van der Waals surface area (Å²) in [4.78, 5) is 36.3. The molecule has 1 rings (SSSR count). The molecule has 0 aliphatic rings. The summed E-state index contributed by atoms with van der Waals surface area (Å²) < 4.78 is 27.4. The van der Waals surface area contributed by atoms with Gasteiger partial charge in [-0.2, -0.15) is 0 Å². The molecule has 0 aromatic heterocycles. The largest absolute Gasteiger partial charge is 0.388 e. The Hall–Kier alpha value is -2.59. The second-order valence-corrected chi connectivity index (χ2v) is 9.20. The van der Waals surface area contributed by atoms with Crippen LogP contribution in [0.5, 0.6) is 0 Å². The molecule has 1 aromatic carbocycles. The van der Waals surface area contributed by atoms with E-state index < -0.39 is 39.7 Å². The Labute approximate surface area is 183 Å². The van der Waals surface area contributed by atoms with Crippen LogP contribution in [0.2, 0.25) is 0 Å². The number of nitrogens with two attached hydrogens (primary N) is 1. The SMILES string of the molecule is CC[C@@H](NS(=O)(=O)c1ccccc1)C(=O)C[C@@H](C)C(=O)N[C@H](C=O)CCCCC(=N)N. The van der Waals surface area contributed by atoms with Gasteiger partial charge >= 0.3 is 0 Å². The maximum absolute atomic E-state index is 12.6. The summed E-state index contributed by atoms with van der Waals surface area (Å²) in [6, 6.07) is 6.11. The van der Waals surface area contributed by atoms with Gasteiger partial charge in [0.25, 0.3) is 0 Å². The highest BCUT2D eigenvalue weighted by atomic mass is 32.2. The Morgan fingerprint density at radius 1 is 1.19 bits per heavy atom. The standard InChI is InChI=1S/C21H32N4O5S/c1-3-18(25-31(29,30)17-10-5-4-6-11-17)19(27)13-15(2)21(28)24-16(14-26)9-7-8-12-20(22)23/h4-6,10-11,14-16,18,25H,3,7-9,12-13H2,1-2H3,(H3,22,23)(H,24,28)/t15-,16+,18-/m1/s1. The first-order chi connectivity index (χ1) is 14.6. The number of sulfonamides is 1. The fourth-order valence-electron chi connectivity index (χ4n) is 2.95. The third kappa shape index (κ3) is 9.39. The molecule has 0 saturated heterocycles. The second-order valence-electron chi connectivity index (χ2n) is 7.49. The van der Waals surface area contributed by atoms with E-state index >= 15 is 0 Å².